The van der Waals surface area contributed by atoms with Crippen LogP contribution in [0.1, 0.15) is 26.3 Å². The van der Waals surface area contributed by atoms with Gasteiger partial charge < -0.3 is 5.32 Å². The van der Waals surface area contributed by atoms with Crippen molar-refractivity contribution in [3.63, 3.8) is 0 Å². The number of carbonyl (C=O) groups excluding carboxylic acids is 2. The summed E-state index contributed by atoms with van der Waals surface area (Å²) in [5, 5.41) is 2.58. The third-order valence-electron chi connectivity index (χ3n) is 4.10. The molecule has 3 heteroatoms. The van der Waals surface area contributed by atoms with Crippen LogP contribution in [0.25, 0.3) is 17.2 Å². The van der Waals surface area contributed by atoms with E-state index in [-0.39, 0.29) is 11.7 Å². The normalized spacial score (nSPS) is 10.7. The molecule has 0 aliphatic heterocycles. The first kappa shape index (κ1) is 17.4. The summed E-state index contributed by atoms with van der Waals surface area (Å²) in [6.07, 6.45) is 3.30. The summed E-state index contributed by atoms with van der Waals surface area (Å²) in [6, 6.07) is 24.7. The van der Waals surface area contributed by atoms with Crippen molar-refractivity contribution in [2.75, 3.05) is 7.05 Å². The molecule has 0 fully saturated rings. The summed E-state index contributed by atoms with van der Waals surface area (Å²) >= 11 is 0. The third kappa shape index (κ3) is 4.14. The Hall–Kier alpha value is -3.46. The SMILES string of the molecule is CNC(=O)c1ccc(/C=C/C(=O)c2ccc(-c3ccccc3)cc2)cc1. The van der Waals surface area contributed by atoms with Crippen LogP contribution in [0.15, 0.2) is 84.9 Å². The Balaban J connectivity index is 1.69. The van der Waals surface area contributed by atoms with Crippen molar-refractivity contribution in [1.29, 1.82) is 0 Å². The van der Waals surface area contributed by atoms with Gasteiger partial charge in [-0.15, -0.1) is 0 Å². The lowest BCUT2D eigenvalue weighted by atomic mass is 10.0. The highest BCUT2D eigenvalue weighted by molar-refractivity contribution is 6.07. The lowest BCUT2D eigenvalue weighted by Crippen LogP contribution is -2.17. The Morgan fingerprint density at radius 2 is 1.31 bits per heavy atom. The van der Waals surface area contributed by atoms with Crippen molar-refractivity contribution in [1.82, 2.24) is 5.32 Å². The summed E-state index contributed by atoms with van der Waals surface area (Å²) in [5.41, 5.74) is 4.30. The van der Waals surface area contributed by atoms with Crippen molar-refractivity contribution in [3.05, 3.63) is 102 Å². The molecule has 128 valence electrons. The number of hydrogen-bond donors (Lipinski definition) is 1. The quantitative estimate of drug-likeness (QED) is 0.544. The molecule has 1 amide bonds. The van der Waals surface area contributed by atoms with Crippen molar-refractivity contribution >= 4 is 17.8 Å². The van der Waals surface area contributed by atoms with Gasteiger partial charge in [-0.25, -0.2) is 0 Å². The largest absolute Gasteiger partial charge is 0.355 e. The molecule has 0 saturated heterocycles. The predicted molar refractivity (Wildman–Crippen MR) is 105 cm³/mol. The second kappa shape index (κ2) is 8.08. The van der Waals surface area contributed by atoms with Crippen LogP contribution in [0.4, 0.5) is 0 Å². The summed E-state index contributed by atoms with van der Waals surface area (Å²) in [5.74, 6) is -0.185. The molecule has 0 radical (unpaired) electrons. The molecule has 0 saturated carbocycles. The standard InChI is InChI=1S/C23H19NO2/c1-24-23(26)21-10-7-17(8-11-21)9-16-22(25)20-14-12-19(13-15-20)18-5-3-2-4-6-18/h2-16H,1H3,(H,24,26)/b16-9+. The minimum atomic E-state index is -0.130. The first-order valence-electron chi connectivity index (χ1n) is 8.37. The van der Waals surface area contributed by atoms with Crippen LogP contribution in [0.2, 0.25) is 0 Å². The molecule has 0 aliphatic rings. The maximum absolute atomic E-state index is 12.3. The van der Waals surface area contributed by atoms with Gasteiger partial charge in [-0.1, -0.05) is 72.8 Å². The number of ketones is 1. The fourth-order valence-electron chi connectivity index (χ4n) is 2.62. The number of rotatable bonds is 5. The number of carbonyl (C=O) groups is 2. The highest BCUT2D eigenvalue weighted by Gasteiger charge is 2.04. The van der Waals surface area contributed by atoms with Gasteiger partial charge >= 0.3 is 0 Å². The zero-order chi connectivity index (χ0) is 18.4. The summed E-state index contributed by atoms with van der Waals surface area (Å²) in [4.78, 5) is 23.9. The molecule has 1 N–H and O–H groups in total. The number of nitrogens with one attached hydrogen (secondary N) is 1. The topological polar surface area (TPSA) is 46.2 Å². The fraction of sp³-hybridized carbons (Fsp3) is 0.0435. The van der Waals surface area contributed by atoms with Gasteiger partial charge in [0.2, 0.25) is 0 Å². The van der Waals surface area contributed by atoms with Gasteiger partial charge in [-0.05, 0) is 34.9 Å². The van der Waals surface area contributed by atoms with E-state index in [2.05, 4.69) is 5.32 Å². The number of amides is 1. The van der Waals surface area contributed by atoms with E-state index in [1.165, 1.54) is 0 Å². The molecule has 0 aliphatic carbocycles. The van der Waals surface area contributed by atoms with Crippen LogP contribution >= 0.6 is 0 Å². The van der Waals surface area contributed by atoms with Gasteiger partial charge in [0.1, 0.15) is 0 Å². The van der Waals surface area contributed by atoms with Crippen LogP contribution in [-0.4, -0.2) is 18.7 Å². The molecule has 3 aromatic carbocycles. The van der Waals surface area contributed by atoms with E-state index < -0.39 is 0 Å². The number of benzene rings is 3. The minimum Gasteiger partial charge on any atom is -0.355 e. The van der Waals surface area contributed by atoms with E-state index in [0.717, 1.165) is 16.7 Å². The summed E-state index contributed by atoms with van der Waals surface area (Å²) in [6.45, 7) is 0. The average Bonchev–Trinajstić information content (AvgIpc) is 2.72. The van der Waals surface area contributed by atoms with E-state index in [1.807, 2.05) is 66.7 Å². The molecule has 0 unspecified atom stereocenters. The molecule has 0 atom stereocenters. The average molecular weight is 341 g/mol. The molecule has 3 rings (SSSR count). The van der Waals surface area contributed by atoms with Gasteiger partial charge in [0.25, 0.3) is 5.91 Å². The van der Waals surface area contributed by atoms with Crippen LogP contribution in [0.5, 0.6) is 0 Å². The van der Waals surface area contributed by atoms with E-state index in [4.69, 9.17) is 0 Å². The second-order valence-electron chi connectivity index (χ2n) is 5.84. The maximum Gasteiger partial charge on any atom is 0.251 e. The van der Waals surface area contributed by atoms with E-state index in [9.17, 15) is 9.59 Å². The molecule has 0 bridgehead atoms. The minimum absolute atomic E-state index is 0.0556. The van der Waals surface area contributed by atoms with Crippen LogP contribution < -0.4 is 5.32 Å². The summed E-state index contributed by atoms with van der Waals surface area (Å²) in [7, 11) is 1.60. The Labute approximate surface area is 153 Å². The molecule has 0 heterocycles. The molecule has 3 aromatic rings. The monoisotopic (exact) mass is 341 g/mol. The molecule has 26 heavy (non-hydrogen) atoms. The second-order valence-corrected chi connectivity index (χ2v) is 5.84. The van der Waals surface area contributed by atoms with E-state index in [0.29, 0.717) is 11.1 Å². The Bertz CT molecular complexity index is 924. The van der Waals surface area contributed by atoms with E-state index in [1.54, 1.807) is 31.3 Å². The van der Waals surface area contributed by atoms with E-state index >= 15 is 0 Å². The van der Waals surface area contributed by atoms with Gasteiger partial charge in [0.05, 0.1) is 0 Å². The van der Waals surface area contributed by atoms with Crippen LogP contribution in [0, 0.1) is 0 Å². The molecule has 3 nitrogen and oxygen atoms in total. The van der Waals surface area contributed by atoms with Gasteiger partial charge in [0, 0.05) is 18.2 Å². The zero-order valence-electron chi connectivity index (χ0n) is 14.5. The first-order valence-corrected chi connectivity index (χ1v) is 8.37. The molecular formula is C23H19NO2. The van der Waals surface area contributed by atoms with Gasteiger partial charge in [-0.3, -0.25) is 9.59 Å². The smallest absolute Gasteiger partial charge is 0.251 e. The molecule has 0 spiro atoms. The highest BCUT2D eigenvalue weighted by Crippen LogP contribution is 2.19. The third-order valence-corrected chi connectivity index (χ3v) is 4.10. The van der Waals surface area contributed by atoms with Gasteiger partial charge in [0.15, 0.2) is 5.78 Å². The Kier molecular flexibility index (Phi) is 5.40. The van der Waals surface area contributed by atoms with Crippen molar-refractivity contribution in [3.8, 4) is 11.1 Å². The van der Waals surface area contributed by atoms with Crippen molar-refractivity contribution in [2.45, 2.75) is 0 Å². The molecular weight excluding hydrogens is 322 g/mol. The number of hydrogen-bond acceptors (Lipinski definition) is 2. The number of allylic oxidation sites excluding steroid dienone is 1. The summed E-state index contributed by atoms with van der Waals surface area (Å²) < 4.78 is 0. The fourth-order valence-corrected chi connectivity index (χ4v) is 2.62. The lowest BCUT2D eigenvalue weighted by molar-refractivity contribution is 0.0962. The van der Waals surface area contributed by atoms with Crippen molar-refractivity contribution in [2.24, 2.45) is 0 Å². The lowest BCUT2D eigenvalue weighted by Gasteiger charge is -2.02. The van der Waals surface area contributed by atoms with Gasteiger partial charge in [-0.2, -0.15) is 0 Å². The molecule has 0 aromatic heterocycles. The zero-order valence-corrected chi connectivity index (χ0v) is 14.5. The van der Waals surface area contributed by atoms with Crippen LogP contribution in [-0.2, 0) is 0 Å². The Morgan fingerprint density at radius 3 is 1.92 bits per heavy atom. The maximum atomic E-state index is 12.3. The highest BCUT2D eigenvalue weighted by atomic mass is 16.1. The van der Waals surface area contributed by atoms with Crippen molar-refractivity contribution < 1.29 is 9.59 Å². The Morgan fingerprint density at radius 1 is 0.731 bits per heavy atom. The predicted octanol–water partition coefficient (Wildman–Crippen LogP) is 4.61. The first-order chi connectivity index (χ1) is 12.7. The van der Waals surface area contributed by atoms with Crippen LogP contribution in [0.3, 0.4) is 0 Å².